The van der Waals surface area contributed by atoms with Crippen LogP contribution in [0.5, 0.6) is 0 Å². The maximum atomic E-state index is 12.6. The van der Waals surface area contributed by atoms with Gasteiger partial charge in [0.2, 0.25) is 17.7 Å². The molecule has 0 aromatic rings. The second kappa shape index (κ2) is 32.8. The molecular weight excluding hydrogens is 983 g/mol. The zero-order chi connectivity index (χ0) is 60.5. The Morgan fingerprint density at radius 1 is 0.355 bits per heavy atom. The van der Waals surface area contributed by atoms with Crippen molar-refractivity contribution in [2.24, 2.45) is 61.1 Å². The van der Waals surface area contributed by atoms with Crippen molar-refractivity contribution < 1.29 is 76.3 Å². The predicted octanol–water partition coefficient (Wildman–Crippen LogP) is 8.21. The highest BCUT2D eigenvalue weighted by Gasteiger charge is 2.41. The smallest absolute Gasteiger partial charge is 0.311 e. The highest BCUT2D eigenvalue weighted by atomic mass is 16.6. The first kappa shape index (κ1) is 75.4. The second-order valence-electron chi connectivity index (χ2n) is 27.3. The van der Waals surface area contributed by atoms with Crippen LogP contribution in [-0.2, 0) is 76.3 Å². The summed E-state index contributed by atoms with van der Waals surface area (Å²) in [5.41, 5.74) is -6.55. The summed E-state index contributed by atoms with van der Waals surface area (Å²) < 4.78 is 38.0. The molecule has 0 saturated heterocycles. The third-order valence-electron chi connectivity index (χ3n) is 10.0. The molecule has 0 aliphatic heterocycles. The number of carbonyl (C=O) groups excluding carboxylic acids is 9. The van der Waals surface area contributed by atoms with Gasteiger partial charge in [-0.15, -0.1) is 0 Å². The van der Waals surface area contributed by atoms with E-state index in [0.29, 0.717) is 31.5 Å². The fraction of sp³-hybridized carbons (Fsp3) is 0.842. The van der Waals surface area contributed by atoms with E-state index in [4.69, 9.17) is 33.2 Å². The summed E-state index contributed by atoms with van der Waals surface area (Å²) in [6, 6.07) is 0. The highest BCUT2D eigenvalue weighted by molar-refractivity contribution is 5.84. The molecule has 3 N–H and O–H groups in total. The Morgan fingerprint density at radius 3 is 0.961 bits per heavy atom. The first-order valence-corrected chi connectivity index (χ1v) is 26.4. The van der Waals surface area contributed by atoms with E-state index in [1.165, 1.54) is 0 Å². The molecule has 0 saturated carbocycles. The van der Waals surface area contributed by atoms with Crippen LogP contribution in [0.3, 0.4) is 0 Å². The third-order valence-corrected chi connectivity index (χ3v) is 10.0. The van der Waals surface area contributed by atoms with Gasteiger partial charge in [-0.05, 0) is 149 Å². The number of hydrogen-bond acceptors (Lipinski definition) is 16. The maximum absolute atomic E-state index is 12.6. The zero-order valence-corrected chi connectivity index (χ0v) is 51.7. The van der Waals surface area contributed by atoms with Crippen LogP contribution in [0.25, 0.3) is 0 Å². The molecule has 19 nitrogen and oxygen atoms in total. The van der Waals surface area contributed by atoms with Gasteiger partial charge in [0.15, 0.2) is 0 Å². The van der Waals surface area contributed by atoms with Gasteiger partial charge in [0.25, 0.3) is 0 Å². The van der Waals surface area contributed by atoms with Gasteiger partial charge in [-0.25, -0.2) is 0 Å². The summed E-state index contributed by atoms with van der Waals surface area (Å²) in [5.74, 6) is -2.36. The molecule has 0 aromatic carbocycles. The largest absolute Gasteiger partial charge is 0.465 e. The van der Waals surface area contributed by atoms with E-state index in [-0.39, 0.29) is 88.3 Å². The van der Waals surface area contributed by atoms with Gasteiger partial charge in [0, 0.05) is 26.1 Å². The Balaban J connectivity index is -0.00000125. The second-order valence-corrected chi connectivity index (χ2v) is 27.3. The van der Waals surface area contributed by atoms with Crippen LogP contribution in [0.15, 0.2) is 0 Å². The molecule has 0 bridgehead atoms. The molecule has 0 heterocycles. The van der Waals surface area contributed by atoms with Gasteiger partial charge in [0.1, 0.15) is 45.1 Å². The molecule has 444 valence electrons. The molecule has 0 atom stereocenters. The minimum Gasteiger partial charge on any atom is -0.465 e. The standard InChI is InChI=1S/C29H52N2O9.C19H35NO5.C9H18O2/c1-20(2)14-31-21(32)12-13-30-22(33)15-37-16-29(17-38-23(34)26(3,4)5,18-39-24(35)27(6,7)8)19-40-25(36)28(9,10)11;1-13(2)10-20-14(21)19(9,11-24-15(22)17(3,4)5)12-25-16(23)18(6,7)8;1-7(2)6-11-8(10)9(3,4)5/h20H,12-19H2,1-11H3,(H,30,33)(H,31,32);13H,10-12H2,1-9H3,(H,20,21);7H,6H2,1-5H3. The summed E-state index contributed by atoms with van der Waals surface area (Å²) >= 11 is 0. The minimum atomic E-state index is -1.28. The summed E-state index contributed by atoms with van der Waals surface area (Å²) in [6.07, 6.45) is 0.122. The number of hydrogen-bond donors (Lipinski definition) is 3. The summed E-state index contributed by atoms with van der Waals surface area (Å²) in [6.45, 7) is 44.9. The van der Waals surface area contributed by atoms with E-state index < -0.39 is 73.7 Å². The zero-order valence-electron chi connectivity index (χ0n) is 51.7. The molecule has 76 heavy (non-hydrogen) atoms. The van der Waals surface area contributed by atoms with Crippen molar-refractivity contribution in [1.29, 1.82) is 0 Å². The average Bonchev–Trinajstić information content (AvgIpc) is 3.25. The lowest BCUT2D eigenvalue weighted by Crippen LogP contribution is -2.48. The van der Waals surface area contributed by atoms with E-state index in [9.17, 15) is 43.2 Å². The van der Waals surface area contributed by atoms with Crippen LogP contribution in [0, 0.1) is 61.1 Å². The first-order valence-electron chi connectivity index (χ1n) is 26.4. The Labute approximate surface area is 457 Å². The van der Waals surface area contributed by atoms with Crippen molar-refractivity contribution in [3.8, 4) is 0 Å². The molecule has 0 rings (SSSR count). The fourth-order valence-corrected chi connectivity index (χ4v) is 4.71. The van der Waals surface area contributed by atoms with Crippen molar-refractivity contribution in [3.63, 3.8) is 0 Å². The minimum absolute atomic E-state index is 0.119. The van der Waals surface area contributed by atoms with Gasteiger partial charge < -0.3 is 49.1 Å². The van der Waals surface area contributed by atoms with Crippen molar-refractivity contribution >= 4 is 53.5 Å². The number of rotatable bonds is 24. The van der Waals surface area contributed by atoms with E-state index >= 15 is 0 Å². The molecule has 19 heteroatoms. The van der Waals surface area contributed by atoms with E-state index in [2.05, 4.69) is 16.0 Å². The van der Waals surface area contributed by atoms with E-state index in [1.807, 2.05) is 62.3 Å². The Bertz CT molecular complexity index is 1740. The van der Waals surface area contributed by atoms with E-state index in [0.717, 1.165) is 0 Å². The van der Waals surface area contributed by atoms with Gasteiger partial charge in [-0.3, -0.25) is 43.2 Å². The summed E-state index contributed by atoms with van der Waals surface area (Å²) in [7, 11) is 0. The average molecular weight is 1090 g/mol. The SMILES string of the molecule is CC(C)CNC(=O)C(C)(COC(=O)C(C)(C)C)COC(=O)C(C)(C)C.CC(C)CNC(=O)CCNC(=O)COCC(COC(=O)C(C)(C)C)(COC(=O)C(C)(C)C)COC(=O)C(C)(C)C.CC(C)COC(=O)C(C)(C)C. The molecule has 0 fully saturated rings. The monoisotopic (exact) mass is 1090 g/mol. The van der Waals surface area contributed by atoms with Crippen LogP contribution in [0.1, 0.15) is 180 Å². The highest BCUT2D eigenvalue weighted by Crippen LogP contribution is 2.28. The van der Waals surface area contributed by atoms with E-state index in [1.54, 1.807) is 111 Å². The molecule has 0 radical (unpaired) electrons. The Kier molecular flexibility index (Phi) is 32.6. The Morgan fingerprint density at radius 2 is 0.658 bits per heavy atom. The van der Waals surface area contributed by atoms with Crippen LogP contribution in [0.2, 0.25) is 0 Å². The van der Waals surface area contributed by atoms with Gasteiger partial charge in [-0.2, -0.15) is 0 Å². The van der Waals surface area contributed by atoms with Crippen molar-refractivity contribution in [3.05, 3.63) is 0 Å². The Hall–Kier alpha value is -4.81. The number of esters is 6. The normalized spacial score (nSPS) is 12.5. The van der Waals surface area contributed by atoms with Crippen molar-refractivity contribution in [2.75, 3.05) is 72.5 Å². The van der Waals surface area contributed by atoms with Crippen LogP contribution in [0.4, 0.5) is 0 Å². The summed E-state index contributed by atoms with van der Waals surface area (Å²) in [5, 5.41) is 8.22. The van der Waals surface area contributed by atoms with Gasteiger partial charge in [0.05, 0.1) is 51.1 Å². The number of ether oxygens (including phenoxy) is 7. The molecule has 0 aromatic heterocycles. The fourth-order valence-electron chi connectivity index (χ4n) is 4.71. The molecule has 0 aliphatic rings. The molecule has 0 aliphatic carbocycles. The number of amides is 3. The molecule has 0 unspecified atom stereocenters. The lowest BCUT2D eigenvalue weighted by Gasteiger charge is -2.34. The first-order chi connectivity index (χ1) is 34.0. The lowest BCUT2D eigenvalue weighted by atomic mass is 9.90. The molecule has 0 spiro atoms. The van der Waals surface area contributed by atoms with Crippen LogP contribution >= 0.6 is 0 Å². The van der Waals surface area contributed by atoms with Crippen molar-refractivity contribution in [2.45, 2.75) is 180 Å². The third kappa shape index (κ3) is 35.5. The van der Waals surface area contributed by atoms with Gasteiger partial charge in [-0.1, -0.05) is 41.5 Å². The number of nitrogens with one attached hydrogen (secondary N) is 3. The maximum Gasteiger partial charge on any atom is 0.311 e. The van der Waals surface area contributed by atoms with Crippen LogP contribution < -0.4 is 16.0 Å². The predicted molar refractivity (Wildman–Crippen MR) is 292 cm³/mol. The number of carbonyl (C=O) groups is 9. The topological polar surface area (TPSA) is 254 Å². The van der Waals surface area contributed by atoms with Crippen molar-refractivity contribution in [1.82, 2.24) is 16.0 Å². The summed E-state index contributed by atoms with van der Waals surface area (Å²) in [4.78, 5) is 110. The molecule has 3 amide bonds. The lowest BCUT2D eigenvalue weighted by molar-refractivity contribution is -0.178. The molecular formula is C57H105N3O16. The quantitative estimate of drug-likeness (QED) is 0.0608. The van der Waals surface area contributed by atoms with Crippen LogP contribution in [-0.4, -0.2) is 126 Å². The van der Waals surface area contributed by atoms with Gasteiger partial charge >= 0.3 is 35.8 Å².